The fourth-order valence-electron chi connectivity index (χ4n) is 2.05. The van der Waals surface area contributed by atoms with Crippen molar-refractivity contribution in [3.63, 3.8) is 0 Å². The summed E-state index contributed by atoms with van der Waals surface area (Å²) in [6.45, 7) is 4.33. The summed E-state index contributed by atoms with van der Waals surface area (Å²) < 4.78 is 5.51. The van der Waals surface area contributed by atoms with Crippen molar-refractivity contribution in [2.75, 3.05) is 11.9 Å². The minimum atomic E-state index is 0.0357. The van der Waals surface area contributed by atoms with E-state index in [4.69, 9.17) is 22.7 Å². The Labute approximate surface area is 132 Å². The van der Waals surface area contributed by atoms with Gasteiger partial charge in [0, 0.05) is 5.92 Å². The van der Waals surface area contributed by atoms with Gasteiger partial charge in [-0.2, -0.15) is 0 Å². The summed E-state index contributed by atoms with van der Waals surface area (Å²) >= 11 is 4.80. The lowest BCUT2D eigenvalue weighted by atomic mass is 9.98. The highest BCUT2D eigenvalue weighted by molar-refractivity contribution is 7.80. The maximum absolute atomic E-state index is 12.3. The number of amides is 1. The van der Waals surface area contributed by atoms with Crippen LogP contribution in [0.4, 0.5) is 5.69 Å². The summed E-state index contributed by atoms with van der Waals surface area (Å²) in [5, 5.41) is 2.95. The predicted octanol–water partition coefficient (Wildman–Crippen LogP) is 3.51. The van der Waals surface area contributed by atoms with Gasteiger partial charge in [-0.05, 0) is 25.0 Å². The molecule has 4 nitrogen and oxygen atoms in total. The zero-order valence-electron chi connectivity index (χ0n) is 12.7. The summed E-state index contributed by atoms with van der Waals surface area (Å²) in [6.07, 6.45) is 3.90. The Kier molecular flexibility index (Phi) is 7.75. The summed E-state index contributed by atoms with van der Waals surface area (Å²) in [6, 6.07) is 7.31. The first-order valence-electron chi connectivity index (χ1n) is 7.39. The van der Waals surface area contributed by atoms with Crippen LogP contribution in [0.25, 0.3) is 0 Å². The van der Waals surface area contributed by atoms with Crippen LogP contribution in [-0.4, -0.2) is 17.5 Å². The third-order valence-electron chi connectivity index (χ3n) is 3.28. The smallest absolute Gasteiger partial charge is 0.227 e. The van der Waals surface area contributed by atoms with E-state index < -0.39 is 0 Å². The number of para-hydroxylation sites is 2. The van der Waals surface area contributed by atoms with Crippen LogP contribution >= 0.6 is 12.2 Å². The van der Waals surface area contributed by atoms with Crippen LogP contribution in [0.1, 0.15) is 39.5 Å². The number of hydrogen-bond donors (Lipinski definition) is 2. The van der Waals surface area contributed by atoms with Gasteiger partial charge >= 0.3 is 0 Å². The van der Waals surface area contributed by atoms with E-state index in [1.807, 2.05) is 25.1 Å². The molecular formula is C16H24N2O2S. The molecule has 0 aliphatic rings. The number of benzene rings is 1. The fourth-order valence-corrected chi connectivity index (χ4v) is 2.11. The number of carbonyl (C=O) groups excluding carboxylic acids is 1. The molecule has 1 aromatic carbocycles. The summed E-state index contributed by atoms with van der Waals surface area (Å²) in [5.41, 5.74) is 6.10. The number of unbranched alkanes of at least 4 members (excludes halogenated alkanes) is 1. The maximum Gasteiger partial charge on any atom is 0.227 e. The molecule has 1 rings (SSSR count). The van der Waals surface area contributed by atoms with E-state index in [0.29, 0.717) is 11.4 Å². The summed E-state index contributed by atoms with van der Waals surface area (Å²) in [4.78, 5) is 12.6. The number of anilines is 1. The normalized spacial score (nSPS) is 11.7. The SMILES string of the molecule is CCCCC(CC)C(=O)Nc1ccccc1OCC(N)=S. The molecule has 5 heteroatoms. The van der Waals surface area contributed by atoms with Gasteiger partial charge in [0.2, 0.25) is 5.91 Å². The van der Waals surface area contributed by atoms with Gasteiger partial charge in [0.05, 0.1) is 5.69 Å². The number of ether oxygens (including phenoxy) is 1. The van der Waals surface area contributed by atoms with Crippen LogP contribution in [0.3, 0.4) is 0 Å². The van der Waals surface area contributed by atoms with Gasteiger partial charge in [0.25, 0.3) is 0 Å². The number of hydrogen-bond acceptors (Lipinski definition) is 3. The third kappa shape index (κ3) is 6.12. The number of nitrogens with one attached hydrogen (secondary N) is 1. The first kappa shape index (κ1) is 17.4. The molecule has 1 aromatic rings. The molecule has 116 valence electrons. The maximum atomic E-state index is 12.3. The van der Waals surface area contributed by atoms with E-state index in [1.54, 1.807) is 6.07 Å². The number of thiocarbonyl (C=S) groups is 1. The van der Waals surface area contributed by atoms with E-state index >= 15 is 0 Å². The van der Waals surface area contributed by atoms with E-state index in [9.17, 15) is 4.79 Å². The molecule has 0 aromatic heterocycles. The Morgan fingerprint density at radius 1 is 1.38 bits per heavy atom. The van der Waals surface area contributed by atoms with Gasteiger partial charge in [-0.1, -0.05) is 51.0 Å². The van der Waals surface area contributed by atoms with Crippen molar-refractivity contribution in [3.8, 4) is 5.75 Å². The van der Waals surface area contributed by atoms with Crippen molar-refractivity contribution in [3.05, 3.63) is 24.3 Å². The zero-order valence-corrected chi connectivity index (χ0v) is 13.5. The van der Waals surface area contributed by atoms with Crippen molar-refractivity contribution in [1.82, 2.24) is 0 Å². The summed E-state index contributed by atoms with van der Waals surface area (Å²) in [5.74, 6) is 0.662. The molecule has 1 amide bonds. The molecule has 0 spiro atoms. The molecule has 1 atom stereocenters. The molecular weight excluding hydrogens is 284 g/mol. The second-order valence-corrected chi connectivity index (χ2v) is 5.51. The number of carbonyl (C=O) groups is 1. The molecule has 3 N–H and O–H groups in total. The summed E-state index contributed by atoms with van der Waals surface area (Å²) in [7, 11) is 0. The van der Waals surface area contributed by atoms with Crippen LogP contribution in [0.2, 0.25) is 0 Å². The lowest BCUT2D eigenvalue weighted by molar-refractivity contribution is -0.120. The van der Waals surface area contributed by atoms with Crippen LogP contribution in [0.15, 0.2) is 24.3 Å². The minimum Gasteiger partial charge on any atom is -0.484 e. The zero-order chi connectivity index (χ0) is 15.7. The predicted molar refractivity (Wildman–Crippen MR) is 90.7 cm³/mol. The Morgan fingerprint density at radius 2 is 2.10 bits per heavy atom. The average Bonchev–Trinajstić information content (AvgIpc) is 2.47. The molecule has 0 aliphatic carbocycles. The standard InChI is InChI=1S/C16H24N2O2S/c1-3-5-8-12(4-2)16(19)18-13-9-6-7-10-14(13)20-11-15(17)21/h6-7,9-10,12H,3-5,8,11H2,1-2H3,(H2,17,21)(H,18,19). The van der Waals surface area contributed by atoms with Crippen molar-refractivity contribution < 1.29 is 9.53 Å². The Morgan fingerprint density at radius 3 is 2.71 bits per heavy atom. The van der Waals surface area contributed by atoms with E-state index in [2.05, 4.69) is 12.2 Å². The van der Waals surface area contributed by atoms with Crippen LogP contribution in [0, 0.1) is 5.92 Å². The number of rotatable bonds is 9. The molecule has 0 saturated carbocycles. The average molecular weight is 308 g/mol. The first-order chi connectivity index (χ1) is 10.1. The van der Waals surface area contributed by atoms with Gasteiger partial charge in [-0.25, -0.2) is 0 Å². The Bertz CT molecular complexity index is 477. The highest BCUT2D eigenvalue weighted by Gasteiger charge is 2.17. The van der Waals surface area contributed by atoms with Crippen LogP contribution in [-0.2, 0) is 4.79 Å². The molecule has 0 bridgehead atoms. The van der Waals surface area contributed by atoms with E-state index in [0.717, 1.165) is 25.7 Å². The molecule has 0 aliphatic heterocycles. The van der Waals surface area contributed by atoms with Gasteiger partial charge in [-0.3, -0.25) is 4.79 Å². The van der Waals surface area contributed by atoms with Gasteiger partial charge < -0.3 is 15.8 Å². The van der Waals surface area contributed by atoms with E-state index in [-0.39, 0.29) is 23.4 Å². The molecule has 1 unspecified atom stereocenters. The second kappa shape index (κ2) is 9.34. The third-order valence-corrected chi connectivity index (χ3v) is 3.40. The van der Waals surface area contributed by atoms with Crippen molar-refractivity contribution >= 4 is 28.8 Å². The Hall–Kier alpha value is -1.62. The topological polar surface area (TPSA) is 64.3 Å². The Balaban J connectivity index is 2.72. The van der Waals surface area contributed by atoms with Gasteiger partial charge in [-0.15, -0.1) is 0 Å². The first-order valence-corrected chi connectivity index (χ1v) is 7.80. The van der Waals surface area contributed by atoms with Crippen molar-refractivity contribution in [2.24, 2.45) is 11.7 Å². The van der Waals surface area contributed by atoms with Crippen molar-refractivity contribution in [1.29, 1.82) is 0 Å². The minimum absolute atomic E-state index is 0.0357. The lowest BCUT2D eigenvalue weighted by Crippen LogP contribution is -2.23. The van der Waals surface area contributed by atoms with Gasteiger partial charge in [0.1, 0.15) is 17.3 Å². The van der Waals surface area contributed by atoms with E-state index in [1.165, 1.54) is 0 Å². The quantitative estimate of drug-likeness (QED) is 0.685. The molecule has 0 heterocycles. The monoisotopic (exact) mass is 308 g/mol. The largest absolute Gasteiger partial charge is 0.484 e. The fraction of sp³-hybridized carbons (Fsp3) is 0.500. The molecule has 0 fully saturated rings. The van der Waals surface area contributed by atoms with Crippen LogP contribution < -0.4 is 15.8 Å². The number of nitrogens with two attached hydrogens (primary N) is 1. The van der Waals surface area contributed by atoms with Crippen LogP contribution in [0.5, 0.6) is 5.75 Å². The molecule has 0 radical (unpaired) electrons. The van der Waals surface area contributed by atoms with Gasteiger partial charge in [0.15, 0.2) is 0 Å². The molecule has 21 heavy (non-hydrogen) atoms. The highest BCUT2D eigenvalue weighted by atomic mass is 32.1. The lowest BCUT2D eigenvalue weighted by Gasteiger charge is -2.16. The van der Waals surface area contributed by atoms with Crippen molar-refractivity contribution in [2.45, 2.75) is 39.5 Å². The highest BCUT2D eigenvalue weighted by Crippen LogP contribution is 2.25. The molecule has 0 saturated heterocycles. The second-order valence-electron chi connectivity index (χ2n) is 4.99.